The summed E-state index contributed by atoms with van der Waals surface area (Å²) < 4.78 is 80.8. The number of sulfonamides is 1. The quantitative estimate of drug-likeness (QED) is 0.279. The number of nitro groups is 1. The zero-order valence-electron chi connectivity index (χ0n) is 15.8. The van der Waals surface area contributed by atoms with Gasteiger partial charge in [0, 0.05) is 12.1 Å². The predicted molar refractivity (Wildman–Crippen MR) is 99.4 cm³/mol. The maximum Gasteiger partial charge on any atom is 0.418 e. The minimum Gasteiger partial charge on any atom is -0.449 e. The number of primary sulfonamides is 1. The highest BCUT2D eigenvalue weighted by atomic mass is 32.2. The first kappa shape index (κ1) is 24.7. The summed E-state index contributed by atoms with van der Waals surface area (Å²) in [5.41, 5.74) is -4.13. The Morgan fingerprint density at radius 3 is 2.34 bits per heavy atom. The highest BCUT2D eigenvalue weighted by Gasteiger charge is 2.36. The Morgan fingerprint density at radius 2 is 1.81 bits per heavy atom. The van der Waals surface area contributed by atoms with Gasteiger partial charge in [-0.05, 0) is 31.2 Å². The number of non-ortho nitro benzene ring substituents is 1. The molecule has 10 nitrogen and oxygen atoms in total. The predicted octanol–water partition coefficient (Wildman–Crippen LogP) is 2.58. The van der Waals surface area contributed by atoms with Crippen LogP contribution in [0.2, 0.25) is 0 Å². The van der Waals surface area contributed by atoms with Gasteiger partial charge in [0.2, 0.25) is 10.0 Å². The fourth-order valence-electron chi connectivity index (χ4n) is 2.34. The monoisotopic (exact) mass is 479 g/mol. The van der Waals surface area contributed by atoms with Crippen LogP contribution in [0.4, 0.5) is 28.9 Å². The third-order valence-corrected chi connectivity index (χ3v) is 4.83. The van der Waals surface area contributed by atoms with Crippen LogP contribution in [0.1, 0.15) is 22.8 Å². The lowest BCUT2D eigenvalue weighted by Crippen LogP contribution is -2.31. The molecule has 0 aliphatic rings. The van der Waals surface area contributed by atoms with Gasteiger partial charge in [-0.1, -0.05) is 0 Å². The van der Waals surface area contributed by atoms with Crippen molar-refractivity contribution in [2.75, 3.05) is 5.32 Å². The van der Waals surface area contributed by atoms with Crippen LogP contribution in [0.25, 0.3) is 0 Å². The summed E-state index contributed by atoms with van der Waals surface area (Å²) in [6.07, 6.45) is -6.83. The Labute approximate surface area is 177 Å². The fourth-order valence-corrected chi connectivity index (χ4v) is 2.88. The zero-order valence-corrected chi connectivity index (χ0v) is 16.7. The van der Waals surface area contributed by atoms with Crippen molar-refractivity contribution >= 4 is 33.3 Å². The van der Waals surface area contributed by atoms with Crippen molar-refractivity contribution in [1.82, 2.24) is 0 Å². The van der Waals surface area contributed by atoms with Gasteiger partial charge in [0.15, 0.2) is 6.10 Å². The lowest BCUT2D eigenvalue weighted by Gasteiger charge is -2.17. The van der Waals surface area contributed by atoms with Crippen molar-refractivity contribution in [2.24, 2.45) is 5.14 Å². The lowest BCUT2D eigenvalue weighted by atomic mass is 10.1. The Bertz CT molecular complexity index is 1200. The number of hydrogen-bond donors (Lipinski definition) is 2. The summed E-state index contributed by atoms with van der Waals surface area (Å²) in [4.78, 5) is 33.3. The summed E-state index contributed by atoms with van der Waals surface area (Å²) in [6, 6.07) is 3.53. The van der Waals surface area contributed by atoms with Gasteiger partial charge in [-0.15, -0.1) is 0 Å². The van der Waals surface area contributed by atoms with Crippen molar-refractivity contribution in [3.8, 4) is 0 Å². The fraction of sp³-hybridized carbons (Fsp3) is 0.176. The number of carbonyl (C=O) groups is 2. The summed E-state index contributed by atoms with van der Waals surface area (Å²) >= 11 is 0. The van der Waals surface area contributed by atoms with Crippen LogP contribution < -0.4 is 10.5 Å². The van der Waals surface area contributed by atoms with Gasteiger partial charge in [0.1, 0.15) is 5.82 Å². The normalized spacial score (nSPS) is 12.7. The molecular formula is C17H13F4N3O7S. The van der Waals surface area contributed by atoms with E-state index in [1.165, 1.54) is 0 Å². The Kier molecular flexibility index (Phi) is 6.84. The number of nitrogens with zero attached hydrogens (tertiary/aromatic N) is 1. The molecule has 1 atom stereocenters. The van der Waals surface area contributed by atoms with E-state index in [9.17, 15) is 45.7 Å². The maximum atomic E-state index is 13.9. The molecule has 2 rings (SSSR count). The zero-order chi connectivity index (χ0) is 24.4. The summed E-state index contributed by atoms with van der Waals surface area (Å²) in [5, 5.41) is 17.4. The molecule has 1 unspecified atom stereocenters. The second kappa shape index (κ2) is 8.88. The number of nitrogens with one attached hydrogen (secondary N) is 1. The van der Waals surface area contributed by atoms with Crippen LogP contribution in [0, 0.1) is 15.9 Å². The number of hydrogen-bond acceptors (Lipinski definition) is 7. The maximum absolute atomic E-state index is 13.9. The minimum absolute atomic E-state index is 0.209. The van der Waals surface area contributed by atoms with Gasteiger partial charge in [-0.3, -0.25) is 14.9 Å². The molecule has 15 heteroatoms. The number of amides is 1. The molecule has 0 aliphatic carbocycles. The number of halogens is 4. The molecule has 32 heavy (non-hydrogen) atoms. The molecule has 0 radical (unpaired) electrons. The second-order valence-corrected chi connectivity index (χ2v) is 7.77. The van der Waals surface area contributed by atoms with Crippen molar-refractivity contribution in [3.63, 3.8) is 0 Å². The van der Waals surface area contributed by atoms with E-state index in [1.807, 2.05) is 5.32 Å². The molecule has 0 bridgehead atoms. The van der Waals surface area contributed by atoms with Crippen LogP contribution in [-0.2, 0) is 25.7 Å². The third kappa shape index (κ3) is 5.76. The van der Waals surface area contributed by atoms with Gasteiger partial charge in [0.05, 0.1) is 26.6 Å². The number of ether oxygens (including phenoxy) is 1. The molecule has 0 aliphatic heterocycles. The van der Waals surface area contributed by atoms with Crippen LogP contribution in [0.5, 0.6) is 0 Å². The number of nitrogens with two attached hydrogens (primary N) is 1. The van der Waals surface area contributed by atoms with Crippen LogP contribution in [-0.4, -0.2) is 31.3 Å². The number of nitro benzene ring substituents is 1. The van der Waals surface area contributed by atoms with Gasteiger partial charge in [0.25, 0.3) is 11.6 Å². The second-order valence-electron chi connectivity index (χ2n) is 6.21. The molecule has 0 saturated carbocycles. The van der Waals surface area contributed by atoms with Crippen LogP contribution >= 0.6 is 0 Å². The van der Waals surface area contributed by atoms with E-state index in [-0.39, 0.29) is 6.07 Å². The van der Waals surface area contributed by atoms with Crippen molar-refractivity contribution in [3.05, 3.63) is 63.5 Å². The molecular weight excluding hydrogens is 466 g/mol. The number of esters is 1. The number of anilines is 1. The molecule has 172 valence electrons. The molecule has 0 spiro atoms. The first-order valence-corrected chi connectivity index (χ1v) is 9.85. The van der Waals surface area contributed by atoms with E-state index in [4.69, 9.17) is 9.88 Å². The van der Waals surface area contributed by atoms with Gasteiger partial charge >= 0.3 is 12.1 Å². The van der Waals surface area contributed by atoms with Gasteiger partial charge in [-0.25, -0.2) is 22.7 Å². The van der Waals surface area contributed by atoms with E-state index < -0.39 is 72.3 Å². The third-order valence-electron chi connectivity index (χ3n) is 3.92. The minimum atomic E-state index is -5.06. The molecule has 0 saturated heterocycles. The standard InChI is InChI=1S/C17H13F4N3O7S/c1-8(31-16(26)11-7-10(32(22,29)30)3-4-13(11)18)15(25)23-14-5-2-9(24(27)28)6-12(14)17(19,20)21/h2-8H,1H3,(H,23,25)(H2,22,29,30). The Hall–Kier alpha value is -3.59. The average Bonchev–Trinajstić information content (AvgIpc) is 2.66. The smallest absolute Gasteiger partial charge is 0.418 e. The summed E-state index contributed by atoms with van der Waals surface area (Å²) in [7, 11) is -4.30. The van der Waals surface area contributed by atoms with E-state index in [0.29, 0.717) is 18.2 Å². The number of benzene rings is 2. The molecule has 0 aromatic heterocycles. The number of alkyl halides is 3. The number of rotatable bonds is 6. The Morgan fingerprint density at radius 1 is 1.19 bits per heavy atom. The molecule has 1 amide bonds. The van der Waals surface area contributed by atoms with Crippen LogP contribution in [0.3, 0.4) is 0 Å². The molecule has 2 aromatic rings. The summed E-state index contributed by atoms with van der Waals surface area (Å²) in [6.45, 7) is 0.952. The number of carbonyl (C=O) groups excluding carboxylic acids is 2. The van der Waals surface area contributed by atoms with Gasteiger partial charge < -0.3 is 10.1 Å². The first-order valence-electron chi connectivity index (χ1n) is 8.31. The van der Waals surface area contributed by atoms with E-state index >= 15 is 0 Å². The Balaban J connectivity index is 2.24. The van der Waals surface area contributed by atoms with E-state index in [2.05, 4.69) is 0 Å². The van der Waals surface area contributed by atoms with E-state index in [0.717, 1.165) is 19.1 Å². The van der Waals surface area contributed by atoms with Crippen molar-refractivity contribution < 1.29 is 45.2 Å². The SMILES string of the molecule is CC(OC(=O)c1cc(S(N)(=O)=O)ccc1F)C(=O)Nc1ccc([N+](=O)[O-])cc1C(F)(F)F. The highest BCUT2D eigenvalue weighted by Crippen LogP contribution is 2.37. The molecule has 2 aromatic carbocycles. The molecule has 0 fully saturated rings. The first-order chi connectivity index (χ1) is 14.6. The van der Waals surface area contributed by atoms with E-state index in [1.54, 1.807) is 0 Å². The van der Waals surface area contributed by atoms with Crippen molar-refractivity contribution in [2.45, 2.75) is 24.1 Å². The molecule has 3 N–H and O–H groups in total. The summed E-state index contributed by atoms with van der Waals surface area (Å²) in [5.74, 6) is -3.97. The largest absolute Gasteiger partial charge is 0.449 e. The van der Waals surface area contributed by atoms with Crippen LogP contribution in [0.15, 0.2) is 41.3 Å². The topological polar surface area (TPSA) is 159 Å². The lowest BCUT2D eigenvalue weighted by molar-refractivity contribution is -0.385. The average molecular weight is 479 g/mol. The van der Waals surface area contributed by atoms with Crippen molar-refractivity contribution in [1.29, 1.82) is 0 Å². The highest BCUT2D eigenvalue weighted by molar-refractivity contribution is 7.89. The van der Waals surface area contributed by atoms with Gasteiger partial charge in [-0.2, -0.15) is 13.2 Å². The molecule has 0 heterocycles.